The maximum Gasteiger partial charge on any atom is 0.303 e. The van der Waals surface area contributed by atoms with Crippen LogP contribution in [-0.2, 0) is 24.0 Å². The highest BCUT2D eigenvalue weighted by molar-refractivity contribution is 5.98. The van der Waals surface area contributed by atoms with Crippen LogP contribution in [0.5, 0.6) is 0 Å². The molecule has 3 atom stereocenters. The standard InChI is InChI=1S/C19H25N5O8/c1-10(20-15(25)8-9-16(26)27)17(28)21-11(2)18(29)22-12(3)19(30)23-13-4-6-14(7-5-13)24(31)32/h4-7,10-12H,8-9H2,1-3H3,(H,20,25)(H,21,28)(H,22,29)(H,23,30)(H,26,27)/t10-,11-,12-/m0/s1. The van der Waals surface area contributed by atoms with Gasteiger partial charge in [-0.2, -0.15) is 0 Å². The second-order valence-electron chi connectivity index (χ2n) is 6.94. The van der Waals surface area contributed by atoms with E-state index in [2.05, 4.69) is 21.3 Å². The van der Waals surface area contributed by atoms with Gasteiger partial charge >= 0.3 is 5.97 Å². The Morgan fingerprint density at radius 2 is 1.31 bits per heavy atom. The van der Waals surface area contributed by atoms with Gasteiger partial charge in [0.1, 0.15) is 18.1 Å². The highest BCUT2D eigenvalue weighted by Gasteiger charge is 2.24. The lowest BCUT2D eigenvalue weighted by Crippen LogP contribution is -2.54. The number of carbonyl (C=O) groups is 5. The Labute approximate surface area is 183 Å². The van der Waals surface area contributed by atoms with E-state index >= 15 is 0 Å². The topological polar surface area (TPSA) is 197 Å². The fourth-order valence-corrected chi connectivity index (χ4v) is 2.32. The average molecular weight is 451 g/mol. The van der Waals surface area contributed by atoms with Crippen molar-refractivity contribution in [1.29, 1.82) is 0 Å². The number of rotatable bonds is 11. The number of anilines is 1. The van der Waals surface area contributed by atoms with Crippen LogP contribution in [0.4, 0.5) is 11.4 Å². The summed E-state index contributed by atoms with van der Waals surface area (Å²) in [6, 6.07) is 2.12. The molecule has 13 heteroatoms. The summed E-state index contributed by atoms with van der Waals surface area (Å²) in [6.45, 7) is 4.17. The number of hydrogen-bond donors (Lipinski definition) is 5. The Bertz CT molecular complexity index is 886. The van der Waals surface area contributed by atoms with Gasteiger partial charge in [-0.05, 0) is 32.9 Å². The molecule has 0 unspecified atom stereocenters. The predicted molar refractivity (Wildman–Crippen MR) is 111 cm³/mol. The zero-order valence-electron chi connectivity index (χ0n) is 17.7. The van der Waals surface area contributed by atoms with Gasteiger partial charge in [-0.1, -0.05) is 0 Å². The Kier molecular flexibility index (Phi) is 9.73. The van der Waals surface area contributed by atoms with Crippen molar-refractivity contribution in [1.82, 2.24) is 16.0 Å². The molecule has 0 heterocycles. The third-order valence-corrected chi connectivity index (χ3v) is 4.19. The van der Waals surface area contributed by atoms with Crippen molar-refractivity contribution < 1.29 is 34.0 Å². The van der Waals surface area contributed by atoms with Gasteiger partial charge < -0.3 is 26.4 Å². The van der Waals surface area contributed by atoms with E-state index in [1.807, 2.05) is 0 Å². The van der Waals surface area contributed by atoms with E-state index in [0.717, 1.165) is 0 Å². The number of carboxylic acids is 1. The molecule has 0 saturated carbocycles. The molecule has 0 fully saturated rings. The van der Waals surface area contributed by atoms with Gasteiger partial charge in [-0.25, -0.2) is 0 Å². The predicted octanol–water partition coefficient (Wildman–Crippen LogP) is -0.0878. The van der Waals surface area contributed by atoms with E-state index in [1.54, 1.807) is 0 Å². The largest absolute Gasteiger partial charge is 0.481 e. The van der Waals surface area contributed by atoms with Crippen LogP contribution in [0.1, 0.15) is 33.6 Å². The first-order chi connectivity index (χ1) is 14.9. The number of nitro groups is 1. The molecule has 0 aliphatic rings. The Hall–Kier alpha value is -4.03. The molecular weight excluding hydrogens is 426 g/mol. The van der Waals surface area contributed by atoms with Crippen LogP contribution in [0.3, 0.4) is 0 Å². The van der Waals surface area contributed by atoms with Gasteiger partial charge in [-0.15, -0.1) is 0 Å². The van der Waals surface area contributed by atoms with Gasteiger partial charge in [-0.3, -0.25) is 34.1 Å². The van der Waals surface area contributed by atoms with Gasteiger partial charge in [0.2, 0.25) is 23.6 Å². The quantitative estimate of drug-likeness (QED) is 0.227. The summed E-state index contributed by atoms with van der Waals surface area (Å²) in [5.41, 5.74) is 0.164. The fourth-order valence-electron chi connectivity index (χ4n) is 2.32. The monoisotopic (exact) mass is 451 g/mol. The number of non-ortho nitro benzene ring substituents is 1. The van der Waals surface area contributed by atoms with Crippen molar-refractivity contribution in [3.8, 4) is 0 Å². The number of nitrogens with one attached hydrogen (secondary N) is 4. The zero-order valence-corrected chi connectivity index (χ0v) is 17.7. The van der Waals surface area contributed by atoms with E-state index in [4.69, 9.17) is 5.11 Å². The van der Waals surface area contributed by atoms with Crippen LogP contribution < -0.4 is 21.3 Å². The van der Waals surface area contributed by atoms with Gasteiger partial charge in [0, 0.05) is 24.2 Å². The molecule has 0 bridgehead atoms. The van der Waals surface area contributed by atoms with E-state index < -0.39 is 52.6 Å². The maximum absolute atomic E-state index is 12.3. The van der Waals surface area contributed by atoms with Crippen LogP contribution in [0.25, 0.3) is 0 Å². The van der Waals surface area contributed by atoms with Crippen molar-refractivity contribution in [3.05, 3.63) is 34.4 Å². The number of aliphatic carboxylic acids is 1. The molecule has 0 aliphatic heterocycles. The molecule has 1 aromatic carbocycles. The van der Waals surface area contributed by atoms with Gasteiger partial charge in [0.15, 0.2) is 0 Å². The number of nitro benzene ring substituents is 1. The van der Waals surface area contributed by atoms with Crippen LogP contribution in [0.15, 0.2) is 24.3 Å². The minimum absolute atomic E-state index is 0.138. The number of hydrogen-bond acceptors (Lipinski definition) is 7. The lowest BCUT2D eigenvalue weighted by molar-refractivity contribution is -0.384. The number of nitrogens with zero attached hydrogens (tertiary/aromatic N) is 1. The molecule has 1 rings (SSSR count). The van der Waals surface area contributed by atoms with Crippen LogP contribution in [0.2, 0.25) is 0 Å². The molecule has 0 aliphatic carbocycles. The first-order valence-electron chi connectivity index (χ1n) is 9.58. The Morgan fingerprint density at radius 1 is 0.844 bits per heavy atom. The number of amides is 4. The van der Waals surface area contributed by atoms with Crippen molar-refractivity contribution in [2.24, 2.45) is 0 Å². The van der Waals surface area contributed by atoms with E-state index in [0.29, 0.717) is 5.69 Å². The normalized spacial score (nSPS) is 13.1. The molecule has 174 valence electrons. The molecule has 5 N–H and O–H groups in total. The molecule has 0 spiro atoms. The molecule has 32 heavy (non-hydrogen) atoms. The third-order valence-electron chi connectivity index (χ3n) is 4.19. The van der Waals surface area contributed by atoms with E-state index in [1.165, 1.54) is 45.0 Å². The number of carboxylic acid groups (broad SMARTS) is 1. The zero-order chi connectivity index (χ0) is 24.4. The van der Waals surface area contributed by atoms with Crippen LogP contribution >= 0.6 is 0 Å². The smallest absolute Gasteiger partial charge is 0.303 e. The molecule has 0 radical (unpaired) electrons. The summed E-state index contributed by atoms with van der Waals surface area (Å²) in [7, 11) is 0. The average Bonchev–Trinajstić information content (AvgIpc) is 2.72. The number of benzene rings is 1. The van der Waals surface area contributed by atoms with Crippen LogP contribution in [-0.4, -0.2) is 57.8 Å². The second kappa shape index (κ2) is 12.0. The lowest BCUT2D eigenvalue weighted by Gasteiger charge is -2.20. The highest BCUT2D eigenvalue weighted by atomic mass is 16.6. The summed E-state index contributed by atoms with van der Waals surface area (Å²) < 4.78 is 0. The van der Waals surface area contributed by atoms with Crippen molar-refractivity contribution >= 4 is 41.0 Å². The molecule has 0 aromatic heterocycles. The van der Waals surface area contributed by atoms with E-state index in [9.17, 15) is 34.1 Å². The second-order valence-corrected chi connectivity index (χ2v) is 6.94. The van der Waals surface area contributed by atoms with Crippen LogP contribution in [0, 0.1) is 10.1 Å². The summed E-state index contributed by atoms with van der Waals surface area (Å²) in [4.78, 5) is 68.7. The summed E-state index contributed by atoms with van der Waals surface area (Å²) in [5, 5.41) is 28.8. The minimum atomic E-state index is -1.14. The van der Waals surface area contributed by atoms with Gasteiger partial charge in [0.25, 0.3) is 5.69 Å². The first kappa shape index (κ1) is 26.0. The minimum Gasteiger partial charge on any atom is -0.481 e. The van der Waals surface area contributed by atoms with E-state index in [-0.39, 0.29) is 18.5 Å². The third kappa shape index (κ3) is 8.77. The summed E-state index contributed by atoms with van der Waals surface area (Å²) in [6.07, 6.45) is -0.664. The first-order valence-corrected chi connectivity index (χ1v) is 9.58. The van der Waals surface area contributed by atoms with Crippen molar-refractivity contribution in [2.75, 3.05) is 5.32 Å². The SMILES string of the molecule is C[C@H](NC(=O)CCC(=O)O)C(=O)N[C@@H](C)C(=O)N[C@@H](C)C(=O)Nc1ccc([N+](=O)[O-])cc1. The maximum atomic E-state index is 12.3. The number of carbonyl (C=O) groups excluding carboxylic acids is 4. The Balaban J connectivity index is 2.51. The molecule has 4 amide bonds. The highest BCUT2D eigenvalue weighted by Crippen LogP contribution is 2.15. The molecular formula is C19H25N5O8. The lowest BCUT2D eigenvalue weighted by atomic mass is 10.2. The molecule has 0 saturated heterocycles. The summed E-state index contributed by atoms with van der Waals surface area (Å²) >= 11 is 0. The van der Waals surface area contributed by atoms with Crippen molar-refractivity contribution in [2.45, 2.75) is 51.7 Å². The summed E-state index contributed by atoms with van der Waals surface area (Å²) in [5.74, 6) is -3.67. The Morgan fingerprint density at radius 3 is 1.78 bits per heavy atom. The van der Waals surface area contributed by atoms with Gasteiger partial charge in [0.05, 0.1) is 11.3 Å². The molecule has 1 aromatic rings. The fraction of sp³-hybridized carbons (Fsp3) is 0.421. The van der Waals surface area contributed by atoms with Crippen molar-refractivity contribution in [3.63, 3.8) is 0 Å². The molecule has 13 nitrogen and oxygen atoms in total.